The van der Waals surface area contributed by atoms with Crippen LogP contribution in [0.3, 0.4) is 0 Å². The second-order valence-electron chi connectivity index (χ2n) is 6.12. The van der Waals surface area contributed by atoms with Crippen LogP contribution in [-0.2, 0) is 4.79 Å². The van der Waals surface area contributed by atoms with Gasteiger partial charge in [0.15, 0.2) is 0 Å². The summed E-state index contributed by atoms with van der Waals surface area (Å²) in [7, 11) is 0. The number of carboxylic acid groups (broad SMARTS) is 1. The van der Waals surface area contributed by atoms with E-state index in [1.54, 1.807) is 13.8 Å². The Morgan fingerprint density at radius 2 is 1.30 bits per heavy atom. The number of rotatable bonds is 11. The molecule has 0 heterocycles. The minimum atomic E-state index is -0.659. The van der Waals surface area contributed by atoms with Crippen LogP contribution in [0.5, 0.6) is 0 Å². The molecular formula is C16H35NO3. The van der Waals surface area contributed by atoms with Crippen LogP contribution < -0.4 is 5.73 Å². The van der Waals surface area contributed by atoms with Gasteiger partial charge in [-0.3, -0.25) is 4.79 Å². The molecule has 0 amide bonds. The van der Waals surface area contributed by atoms with Crippen LogP contribution >= 0.6 is 0 Å². The molecule has 0 aliphatic heterocycles. The van der Waals surface area contributed by atoms with Crippen LogP contribution in [0, 0.1) is 0 Å². The molecule has 0 unspecified atom stereocenters. The summed E-state index contributed by atoms with van der Waals surface area (Å²) in [6, 6.07) is 0. The highest BCUT2D eigenvalue weighted by Gasteiger charge is 2.05. The van der Waals surface area contributed by atoms with E-state index in [1.807, 2.05) is 0 Å². The summed E-state index contributed by atoms with van der Waals surface area (Å²) < 4.78 is 0. The maximum atomic E-state index is 10.2. The third kappa shape index (κ3) is 26.1. The first kappa shape index (κ1) is 21.7. The molecule has 0 atom stereocenters. The van der Waals surface area contributed by atoms with E-state index in [4.69, 9.17) is 15.9 Å². The number of nitrogens with two attached hydrogens (primary N) is 1. The minimum Gasteiger partial charge on any atom is -0.481 e. The molecular weight excluding hydrogens is 254 g/mol. The van der Waals surface area contributed by atoms with Crippen molar-refractivity contribution in [1.29, 1.82) is 0 Å². The van der Waals surface area contributed by atoms with E-state index >= 15 is 0 Å². The molecule has 0 saturated heterocycles. The summed E-state index contributed by atoms with van der Waals surface area (Å²) >= 11 is 0. The van der Waals surface area contributed by atoms with Crippen LogP contribution in [0.4, 0.5) is 0 Å². The second kappa shape index (κ2) is 14.8. The molecule has 0 fully saturated rings. The fraction of sp³-hybridized carbons (Fsp3) is 0.938. The summed E-state index contributed by atoms with van der Waals surface area (Å²) in [4.78, 5) is 10.2. The van der Waals surface area contributed by atoms with Gasteiger partial charge < -0.3 is 15.9 Å². The van der Waals surface area contributed by atoms with Crippen molar-refractivity contribution >= 4 is 5.97 Å². The van der Waals surface area contributed by atoms with Gasteiger partial charge in [0.2, 0.25) is 0 Å². The van der Waals surface area contributed by atoms with Gasteiger partial charge in [0.05, 0.1) is 6.61 Å². The van der Waals surface area contributed by atoms with Crippen molar-refractivity contribution < 1.29 is 15.0 Å². The van der Waals surface area contributed by atoms with E-state index < -0.39 is 11.5 Å². The first-order chi connectivity index (χ1) is 9.33. The van der Waals surface area contributed by atoms with Crippen molar-refractivity contribution in [2.75, 3.05) is 6.61 Å². The predicted octanol–water partition coefficient (Wildman–Crippen LogP) is 3.71. The maximum Gasteiger partial charge on any atom is 0.303 e. The fourth-order valence-corrected chi connectivity index (χ4v) is 1.59. The topological polar surface area (TPSA) is 83.5 Å². The Hall–Kier alpha value is -0.610. The molecule has 0 aromatic rings. The Labute approximate surface area is 124 Å². The van der Waals surface area contributed by atoms with Crippen molar-refractivity contribution in [2.24, 2.45) is 5.73 Å². The van der Waals surface area contributed by atoms with E-state index in [0.717, 1.165) is 12.8 Å². The SMILES string of the molecule is CC(C)(N)CO.CCCCCCCCCCCC(=O)O. The average Bonchev–Trinajstić information content (AvgIpc) is 2.36. The summed E-state index contributed by atoms with van der Waals surface area (Å²) in [5.41, 5.74) is 4.88. The lowest BCUT2D eigenvalue weighted by Crippen LogP contribution is -2.35. The average molecular weight is 289 g/mol. The van der Waals surface area contributed by atoms with Crippen LogP contribution in [0.25, 0.3) is 0 Å². The summed E-state index contributed by atoms with van der Waals surface area (Å²) in [5, 5.41) is 16.7. The minimum absolute atomic E-state index is 0.0486. The standard InChI is InChI=1S/C12H24O2.C4H11NO/c1-2-3-4-5-6-7-8-9-10-11-12(13)14;1-4(2,5)3-6/h2-11H2,1H3,(H,13,14);6H,3,5H2,1-2H3. The fourth-order valence-electron chi connectivity index (χ4n) is 1.59. The monoisotopic (exact) mass is 289 g/mol. The Bertz CT molecular complexity index is 212. The molecule has 122 valence electrons. The van der Waals surface area contributed by atoms with Crippen molar-refractivity contribution in [3.63, 3.8) is 0 Å². The van der Waals surface area contributed by atoms with Crippen LogP contribution in [0.15, 0.2) is 0 Å². The van der Waals surface area contributed by atoms with Gasteiger partial charge in [0.25, 0.3) is 0 Å². The molecule has 0 aliphatic rings. The third-order valence-electron chi connectivity index (χ3n) is 2.90. The lowest BCUT2D eigenvalue weighted by Gasteiger charge is -2.12. The van der Waals surface area contributed by atoms with Gasteiger partial charge in [-0.1, -0.05) is 58.3 Å². The van der Waals surface area contributed by atoms with Crippen molar-refractivity contribution in [3.05, 3.63) is 0 Å². The molecule has 0 saturated carbocycles. The quantitative estimate of drug-likeness (QED) is 0.506. The van der Waals surface area contributed by atoms with Crippen LogP contribution in [0.2, 0.25) is 0 Å². The first-order valence-electron chi connectivity index (χ1n) is 7.95. The van der Waals surface area contributed by atoms with E-state index in [0.29, 0.717) is 6.42 Å². The molecule has 0 aromatic carbocycles. The van der Waals surface area contributed by atoms with Gasteiger partial charge in [-0.15, -0.1) is 0 Å². The van der Waals surface area contributed by atoms with Gasteiger partial charge in [0, 0.05) is 12.0 Å². The number of carbonyl (C=O) groups is 1. The van der Waals surface area contributed by atoms with Gasteiger partial charge in [-0.05, 0) is 20.3 Å². The Morgan fingerprint density at radius 3 is 1.60 bits per heavy atom. The maximum absolute atomic E-state index is 10.2. The molecule has 0 aromatic heterocycles. The molecule has 0 radical (unpaired) electrons. The lowest BCUT2D eigenvalue weighted by molar-refractivity contribution is -0.137. The summed E-state index contributed by atoms with van der Waals surface area (Å²) in [6.07, 6.45) is 11.5. The van der Waals surface area contributed by atoms with Crippen molar-refractivity contribution in [3.8, 4) is 0 Å². The largest absolute Gasteiger partial charge is 0.481 e. The summed E-state index contributed by atoms with van der Waals surface area (Å²) in [5.74, 6) is -0.659. The van der Waals surface area contributed by atoms with Gasteiger partial charge in [0.1, 0.15) is 0 Å². The zero-order chi connectivity index (χ0) is 15.9. The number of aliphatic hydroxyl groups is 1. The lowest BCUT2D eigenvalue weighted by atomic mass is 10.1. The number of unbranched alkanes of at least 4 members (excludes halogenated alkanes) is 8. The molecule has 20 heavy (non-hydrogen) atoms. The van der Waals surface area contributed by atoms with Crippen LogP contribution in [-0.4, -0.2) is 28.3 Å². The van der Waals surface area contributed by atoms with E-state index in [-0.39, 0.29) is 6.61 Å². The molecule has 4 nitrogen and oxygen atoms in total. The number of hydrogen-bond acceptors (Lipinski definition) is 3. The third-order valence-corrected chi connectivity index (χ3v) is 2.90. The first-order valence-corrected chi connectivity index (χ1v) is 7.95. The van der Waals surface area contributed by atoms with Gasteiger partial charge >= 0.3 is 5.97 Å². The zero-order valence-electron chi connectivity index (χ0n) is 13.7. The number of aliphatic carboxylic acids is 1. The highest BCUT2D eigenvalue weighted by molar-refractivity contribution is 5.66. The predicted molar refractivity (Wildman–Crippen MR) is 84.8 cm³/mol. The molecule has 0 spiro atoms. The summed E-state index contributed by atoms with van der Waals surface area (Å²) in [6.45, 7) is 5.82. The Morgan fingerprint density at radius 1 is 0.950 bits per heavy atom. The van der Waals surface area contributed by atoms with E-state index in [1.165, 1.54) is 44.9 Å². The zero-order valence-corrected chi connectivity index (χ0v) is 13.7. The molecule has 0 rings (SSSR count). The smallest absolute Gasteiger partial charge is 0.303 e. The van der Waals surface area contributed by atoms with Crippen molar-refractivity contribution in [1.82, 2.24) is 0 Å². The second-order valence-corrected chi connectivity index (χ2v) is 6.12. The van der Waals surface area contributed by atoms with Gasteiger partial charge in [-0.25, -0.2) is 0 Å². The van der Waals surface area contributed by atoms with E-state index in [2.05, 4.69) is 6.92 Å². The number of carboxylic acids is 1. The van der Waals surface area contributed by atoms with E-state index in [9.17, 15) is 4.79 Å². The number of aliphatic hydroxyl groups excluding tert-OH is 1. The Kier molecular flexibility index (Phi) is 16.0. The molecule has 0 aliphatic carbocycles. The highest BCUT2D eigenvalue weighted by atomic mass is 16.4. The van der Waals surface area contributed by atoms with Crippen LogP contribution in [0.1, 0.15) is 85.0 Å². The van der Waals surface area contributed by atoms with Crippen molar-refractivity contribution in [2.45, 2.75) is 90.5 Å². The number of hydrogen-bond donors (Lipinski definition) is 3. The molecule has 4 heteroatoms. The molecule has 4 N–H and O–H groups in total. The Balaban J connectivity index is 0. The normalized spacial score (nSPS) is 10.8. The highest BCUT2D eigenvalue weighted by Crippen LogP contribution is 2.10. The van der Waals surface area contributed by atoms with Gasteiger partial charge in [-0.2, -0.15) is 0 Å². The molecule has 0 bridgehead atoms.